The van der Waals surface area contributed by atoms with Crippen LogP contribution in [0.5, 0.6) is 0 Å². The minimum absolute atomic E-state index is 0.104. The van der Waals surface area contributed by atoms with Crippen molar-refractivity contribution in [3.05, 3.63) is 52.1 Å². The Morgan fingerprint density at radius 1 is 1.11 bits per heavy atom. The first-order valence-electron chi connectivity index (χ1n) is 22.2. The Morgan fingerprint density at radius 3 is 2.67 bits per heavy atom. The monoisotopic (exact) mass is 852 g/mol. The van der Waals surface area contributed by atoms with E-state index >= 15 is 0 Å². The Hall–Kier alpha value is -4.41. The molecule has 14 nitrogen and oxygen atoms in total. The molecule has 4 saturated heterocycles. The lowest BCUT2D eigenvalue weighted by atomic mass is 9.84. The van der Waals surface area contributed by atoms with Crippen molar-refractivity contribution in [2.75, 3.05) is 58.4 Å². The lowest BCUT2D eigenvalue weighted by molar-refractivity contribution is -0.155. The zero-order chi connectivity index (χ0) is 42.6. The number of hydrogen-bond donors (Lipinski definition) is 2. The highest BCUT2D eigenvalue weighted by Gasteiger charge is 2.46. The van der Waals surface area contributed by atoms with Crippen LogP contribution >= 0.6 is 11.3 Å². The molecule has 4 aromatic rings. The second kappa shape index (κ2) is 17.0. The minimum Gasteiger partial charge on any atom is -0.464 e. The molecule has 0 aliphatic carbocycles. The number of hydrogen-bond acceptors (Lipinski definition) is 12. The van der Waals surface area contributed by atoms with E-state index < -0.39 is 23.5 Å². The Morgan fingerprint density at radius 2 is 1.93 bits per heavy atom. The van der Waals surface area contributed by atoms with E-state index in [-0.39, 0.29) is 49.1 Å². The SMILES string of the molecule is CCn1c(-c2cc(N3CCN(C)CC3)cnc2[C@H](C)OC)c2c3cc(ccc31)-c1csc(n1)C[C@H](NC(=O)[C@@H]1C[C@@H]3CC[C@H]1O3)C(=O)N1CCC[C@H](N1)C(=O)OCC(C)(C)C2. The molecule has 2 amide bonds. The Kier molecular flexibility index (Phi) is 11.7. The number of thiazole rings is 1. The number of carbonyl (C=O) groups is 3. The predicted molar refractivity (Wildman–Crippen MR) is 235 cm³/mol. The second-order valence-corrected chi connectivity index (χ2v) is 19.4. The third-order valence-corrected chi connectivity index (χ3v) is 14.4. The van der Waals surface area contributed by atoms with Gasteiger partial charge in [0, 0.05) is 85.6 Å². The number of hydrazine groups is 1. The van der Waals surface area contributed by atoms with E-state index in [0.717, 1.165) is 101 Å². The minimum atomic E-state index is -0.875. The van der Waals surface area contributed by atoms with E-state index in [2.05, 4.69) is 77.2 Å². The van der Waals surface area contributed by atoms with Crippen LogP contribution < -0.4 is 15.6 Å². The van der Waals surface area contributed by atoms with Gasteiger partial charge in [-0.2, -0.15) is 0 Å². The van der Waals surface area contributed by atoms with E-state index in [0.29, 0.717) is 32.2 Å². The molecular weight excluding hydrogens is 793 g/mol. The second-order valence-electron chi connectivity index (χ2n) is 18.5. The highest BCUT2D eigenvalue weighted by atomic mass is 32.1. The molecule has 15 heteroatoms. The van der Waals surface area contributed by atoms with Gasteiger partial charge in [0.2, 0.25) is 5.91 Å². The van der Waals surface area contributed by atoms with Gasteiger partial charge in [0.15, 0.2) is 0 Å². The fourth-order valence-electron chi connectivity index (χ4n) is 10.0. The largest absolute Gasteiger partial charge is 0.464 e. The summed E-state index contributed by atoms with van der Waals surface area (Å²) in [5.74, 6) is -1.14. The molecule has 0 spiro atoms. The Bertz CT molecular complexity index is 2300. The molecule has 9 rings (SSSR count). The first-order valence-corrected chi connectivity index (χ1v) is 23.0. The summed E-state index contributed by atoms with van der Waals surface area (Å²) in [6, 6.07) is 7.28. The van der Waals surface area contributed by atoms with Gasteiger partial charge in [-0.25, -0.2) is 10.4 Å². The maximum Gasteiger partial charge on any atom is 0.324 e. The lowest BCUT2D eigenvalue weighted by Crippen LogP contribution is -2.61. The predicted octanol–water partition coefficient (Wildman–Crippen LogP) is 5.52. The summed E-state index contributed by atoms with van der Waals surface area (Å²) in [5, 5.41) is 8.50. The van der Waals surface area contributed by atoms with Crippen LogP contribution in [0.2, 0.25) is 0 Å². The number of aryl methyl sites for hydroxylation is 1. The van der Waals surface area contributed by atoms with Gasteiger partial charge in [-0.3, -0.25) is 24.4 Å². The summed E-state index contributed by atoms with van der Waals surface area (Å²) in [5.41, 5.74) is 10.8. The molecule has 2 N–H and O–H groups in total. The van der Waals surface area contributed by atoms with Crippen molar-refractivity contribution in [3.63, 3.8) is 0 Å². The van der Waals surface area contributed by atoms with E-state index in [1.165, 1.54) is 16.3 Å². The van der Waals surface area contributed by atoms with E-state index in [9.17, 15) is 14.4 Å². The first-order chi connectivity index (χ1) is 29.4. The molecule has 0 radical (unpaired) electrons. The number of nitrogens with one attached hydrogen (secondary N) is 2. The number of piperazine rings is 1. The van der Waals surface area contributed by atoms with Gasteiger partial charge >= 0.3 is 5.97 Å². The molecule has 8 heterocycles. The van der Waals surface area contributed by atoms with Gasteiger partial charge in [-0.15, -0.1) is 11.3 Å². The number of rotatable bonds is 7. The molecule has 6 atom stereocenters. The molecule has 0 saturated carbocycles. The van der Waals surface area contributed by atoms with Crippen molar-refractivity contribution < 1.29 is 28.6 Å². The number of anilines is 1. The van der Waals surface area contributed by atoms with Crippen LogP contribution in [0.25, 0.3) is 33.4 Å². The number of fused-ring (bicyclic) bond motifs is 8. The van der Waals surface area contributed by atoms with Crippen molar-refractivity contribution in [1.29, 1.82) is 0 Å². The van der Waals surface area contributed by atoms with Crippen molar-refractivity contribution in [2.45, 2.75) is 110 Å². The standard InChI is InChI=1S/C46H60N8O6S/c1-7-53-38-12-10-28-19-31(38)34(42(53)33-20-29(24-47-41(33)27(2)58-6)52-17-15-51(5)16-18-52)23-46(3,4)26-59-45(57)35-9-8-14-54(50-35)44(56)36(22-40-48-37(28)25-61-40)49-43(55)32-21-30-11-13-39(32)60-30/h10,12,19-20,24-25,27,30,32,35-36,39,50H,7-9,11,13-18,21-23,26H2,1-6H3,(H,49,55)/t27-,30-,32+,35-,36-,39+/m0/s1. The van der Waals surface area contributed by atoms with E-state index in [1.807, 2.05) is 18.5 Å². The maximum atomic E-state index is 14.3. The zero-order valence-electron chi connectivity index (χ0n) is 36.4. The number of carbonyl (C=O) groups excluding carboxylic acids is 3. The van der Waals surface area contributed by atoms with Gasteiger partial charge in [-0.05, 0) is 83.2 Å². The van der Waals surface area contributed by atoms with Crippen molar-refractivity contribution >= 4 is 45.7 Å². The molecule has 61 heavy (non-hydrogen) atoms. The zero-order valence-corrected chi connectivity index (χ0v) is 37.2. The van der Waals surface area contributed by atoms with Crippen LogP contribution in [-0.2, 0) is 48.0 Å². The number of cyclic esters (lactones) is 1. The fraction of sp³-hybridized carbons (Fsp3) is 0.587. The molecule has 5 aliphatic rings. The molecule has 5 aliphatic heterocycles. The van der Waals surface area contributed by atoms with Crippen LogP contribution in [0.1, 0.15) is 82.2 Å². The van der Waals surface area contributed by atoms with Crippen LogP contribution in [0.3, 0.4) is 0 Å². The summed E-state index contributed by atoms with van der Waals surface area (Å²) in [6.45, 7) is 13.6. The van der Waals surface area contributed by atoms with Crippen LogP contribution in [-0.4, -0.2) is 120 Å². The molecule has 8 bridgehead atoms. The van der Waals surface area contributed by atoms with Crippen LogP contribution in [0.15, 0.2) is 35.8 Å². The summed E-state index contributed by atoms with van der Waals surface area (Å²) in [6.07, 6.45) is 6.21. The number of esters is 1. The molecular formula is C46H60N8O6S. The number of likely N-dealkylation sites (N-methyl/N-ethyl adjacent to an activating group) is 1. The summed E-state index contributed by atoms with van der Waals surface area (Å²) in [7, 11) is 3.89. The fourth-order valence-corrected chi connectivity index (χ4v) is 10.9. The van der Waals surface area contributed by atoms with Crippen molar-refractivity contribution in [1.82, 2.24) is 35.2 Å². The third kappa shape index (κ3) is 8.31. The number of pyridine rings is 1. The van der Waals surface area contributed by atoms with Gasteiger partial charge < -0.3 is 33.9 Å². The molecule has 326 valence electrons. The van der Waals surface area contributed by atoms with Crippen LogP contribution in [0.4, 0.5) is 5.69 Å². The number of ether oxygens (including phenoxy) is 3. The topological polar surface area (TPSA) is 143 Å². The number of nitrogens with zero attached hydrogens (tertiary/aromatic N) is 6. The van der Waals surface area contributed by atoms with E-state index in [4.69, 9.17) is 24.2 Å². The molecule has 4 fully saturated rings. The van der Waals surface area contributed by atoms with Crippen molar-refractivity contribution in [2.24, 2.45) is 11.3 Å². The average Bonchev–Trinajstić information content (AvgIpc) is 4.09. The highest BCUT2D eigenvalue weighted by molar-refractivity contribution is 7.10. The smallest absolute Gasteiger partial charge is 0.324 e. The summed E-state index contributed by atoms with van der Waals surface area (Å²) in [4.78, 5) is 57.0. The maximum absolute atomic E-state index is 14.3. The Balaban J connectivity index is 1.15. The number of aromatic nitrogens is 3. The van der Waals surface area contributed by atoms with E-state index in [1.54, 1.807) is 7.11 Å². The summed E-state index contributed by atoms with van der Waals surface area (Å²) < 4.78 is 20.5. The lowest BCUT2D eigenvalue weighted by Gasteiger charge is -2.35. The quantitative estimate of drug-likeness (QED) is 0.227. The third-order valence-electron chi connectivity index (χ3n) is 13.5. The molecule has 3 aromatic heterocycles. The molecule has 1 aromatic carbocycles. The molecule has 0 unspecified atom stereocenters. The summed E-state index contributed by atoms with van der Waals surface area (Å²) >= 11 is 1.49. The van der Waals surface area contributed by atoms with Crippen LogP contribution in [0, 0.1) is 11.3 Å². The number of methoxy groups -OCH3 is 1. The highest BCUT2D eigenvalue weighted by Crippen LogP contribution is 2.43. The normalized spacial score (nSPS) is 26.4. The van der Waals surface area contributed by atoms with Gasteiger partial charge in [0.1, 0.15) is 12.1 Å². The average molecular weight is 853 g/mol. The van der Waals surface area contributed by atoms with Gasteiger partial charge in [-0.1, -0.05) is 19.9 Å². The number of amides is 2. The Labute approximate surface area is 362 Å². The van der Waals surface area contributed by atoms with Gasteiger partial charge in [0.25, 0.3) is 5.91 Å². The van der Waals surface area contributed by atoms with Crippen molar-refractivity contribution in [3.8, 4) is 22.5 Å². The van der Waals surface area contributed by atoms with Gasteiger partial charge in [0.05, 0.1) is 64.8 Å². The first kappa shape index (κ1) is 41.9. The number of benzene rings is 1.